The molecule has 1 fully saturated rings. The Labute approximate surface area is 262 Å². The van der Waals surface area contributed by atoms with Crippen molar-refractivity contribution in [1.29, 1.82) is 0 Å². The van der Waals surface area contributed by atoms with Gasteiger partial charge in [0.05, 0.1) is 24.8 Å². The standard InChI is InChI=1S/C23H29N11O9S2/c1-23(2,21(41)42)43-30-12(16-29-22(26)45-31-16)17(37)28-13-18(38)34-14(20(39)40)9(8-44-19(13)34)6-32-7-10(27-11(36)5-24)15(25)33(32)3-4-35/h7,13,19,25,35H,3-6,8,24H2,1-2H3,(H6,26,27,28,29,31,36,37,39,40,41,42)/b30-12-/t13-,19-/m1/s1. The highest BCUT2D eigenvalue weighted by Crippen LogP contribution is 2.40. The fraction of sp³-hybridized carbons (Fsp3) is 0.435. The van der Waals surface area contributed by atoms with Crippen LogP contribution in [-0.4, -0.2) is 100 Å². The number of rotatable bonds is 13. The van der Waals surface area contributed by atoms with Crippen LogP contribution in [0.3, 0.4) is 0 Å². The number of carbonyl (C=O) groups is 5. The average Bonchev–Trinajstić information content (AvgIpc) is 3.53. The van der Waals surface area contributed by atoms with Gasteiger partial charge in [-0.1, -0.05) is 5.16 Å². The van der Waals surface area contributed by atoms with Crippen LogP contribution in [-0.2, 0) is 41.9 Å². The lowest BCUT2D eigenvalue weighted by Crippen LogP contribution is -2.71. The monoisotopic (exact) mass is 667 g/mol. The highest BCUT2D eigenvalue weighted by atomic mass is 32.2. The molecular weight excluding hydrogens is 638 g/mol. The molecule has 242 valence electrons. The van der Waals surface area contributed by atoms with Gasteiger partial charge in [-0.25, -0.2) is 4.79 Å². The molecule has 20 nitrogen and oxygen atoms in total. The van der Waals surface area contributed by atoms with E-state index in [0.717, 1.165) is 28.2 Å². The topological polar surface area (TPSA) is 310 Å². The van der Waals surface area contributed by atoms with E-state index in [-0.39, 0.29) is 60.0 Å². The normalized spacial score (nSPS) is 18.3. The van der Waals surface area contributed by atoms with E-state index in [1.54, 1.807) is 0 Å². The molecule has 0 saturated carbocycles. The minimum Gasteiger partial charge on any atom is -0.543 e. The van der Waals surface area contributed by atoms with Crippen LogP contribution in [0, 0.1) is 0 Å². The summed E-state index contributed by atoms with van der Waals surface area (Å²) in [4.78, 5) is 71.9. The predicted molar refractivity (Wildman–Crippen MR) is 155 cm³/mol. The van der Waals surface area contributed by atoms with Crippen molar-refractivity contribution < 1.29 is 48.8 Å². The minimum atomic E-state index is -1.84. The Morgan fingerprint density at radius 1 is 1.31 bits per heavy atom. The number of carboxylic acid groups (broad SMARTS) is 2. The fourth-order valence-corrected chi connectivity index (χ4v) is 6.02. The number of anilines is 3. The van der Waals surface area contributed by atoms with Crippen LogP contribution in [0.5, 0.6) is 0 Å². The molecule has 2 aliphatic heterocycles. The fourth-order valence-electron chi connectivity index (χ4n) is 4.25. The van der Waals surface area contributed by atoms with Gasteiger partial charge in [-0.05, 0) is 13.8 Å². The Kier molecular flexibility index (Phi) is 9.60. The summed E-state index contributed by atoms with van der Waals surface area (Å²) in [5, 5.41) is 38.9. The molecule has 2 aromatic heterocycles. The van der Waals surface area contributed by atoms with Gasteiger partial charge in [-0.15, -0.1) is 21.1 Å². The van der Waals surface area contributed by atoms with E-state index in [0.29, 0.717) is 0 Å². The molecule has 0 aromatic carbocycles. The lowest BCUT2D eigenvalue weighted by Gasteiger charge is -2.50. The Balaban J connectivity index is 1.58. The minimum absolute atomic E-state index is 0.00151. The Hall–Kier alpha value is -4.80. The summed E-state index contributed by atoms with van der Waals surface area (Å²) in [6.07, 6.45) is 1.43. The molecule has 2 atom stereocenters. The number of carboxylic acids is 2. The summed E-state index contributed by atoms with van der Waals surface area (Å²) in [7, 11) is 0. The van der Waals surface area contributed by atoms with E-state index in [4.69, 9.17) is 22.0 Å². The van der Waals surface area contributed by atoms with Crippen LogP contribution in [0.15, 0.2) is 22.6 Å². The van der Waals surface area contributed by atoms with Crippen molar-refractivity contribution in [2.75, 3.05) is 35.7 Å². The number of oxime groups is 1. The number of carbonyl (C=O) groups excluding carboxylic acids is 4. The van der Waals surface area contributed by atoms with Crippen molar-refractivity contribution in [3.05, 3.63) is 23.3 Å². The maximum atomic E-state index is 13.2. The number of β-lactam (4-membered cyclic amide) rings is 1. The quantitative estimate of drug-likeness (QED) is 0.0457. The lowest BCUT2D eigenvalue weighted by molar-refractivity contribution is -0.767. The number of nitrogen functional groups attached to an aromatic ring is 2. The second-order valence-corrected chi connectivity index (χ2v) is 11.9. The highest BCUT2D eigenvalue weighted by Gasteiger charge is 2.53. The van der Waals surface area contributed by atoms with Gasteiger partial charge >= 0.3 is 5.97 Å². The first-order valence-corrected chi connectivity index (χ1v) is 14.8. The van der Waals surface area contributed by atoms with Crippen molar-refractivity contribution >= 4 is 75.3 Å². The molecule has 4 rings (SSSR count). The van der Waals surface area contributed by atoms with Crippen molar-refractivity contribution in [3.63, 3.8) is 0 Å². The molecule has 22 heteroatoms. The third kappa shape index (κ3) is 6.67. The summed E-state index contributed by atoms with van der Waals surface area (Å²) < 4.78 is 6.78. The number of thioether (sulfide) groups is 1. The number of hydrogen-bond donors (Lipinski definition) is 7. The summed E-state index contributed by atoms with van der Waals surface area (Å²) in [5.41, 5.74) is 14.7. The van der Waals surface area contributed by atoms with Gasteiger partial charge in [0.1, 0.15) is 18.0 Å². The number of fused-ring (bicyclic) bond motifs is 1. The zero-order chi connectivity index (χ0) is 33.2. The second-order valence-electron chi connectivity index (χ2n) is 10.0. The second kappa shape index (κ2) is 13.1. The van der Waals surface area contributed by atoms with Crippen LogP contribution in [0.1, 0.15) is 19.7 Å². The molecule has 2 aliphatic rings. The number of nitrogens with two attached hydrogens (primary N) is 3. The predicted octanol–water partition coefficient (Wildman–Crippen LogP) is -4.63. The van der Waals surface area contributed by atoms with E-state index < -0.39 is 58.1 Å². The molecule has 0 unspecified atom stereocenters. The van der Waals surface area contributed by atoms with Gasteiger partial charge in [0.25, 0.3) is 11.8 Å². The number of amides is 3. The molecule has 2 aromatic rings. The largest absolute Gasteiger partial charge is 0.543 e. The SMILES string of the molecule is CC(C)(O/N=C(\C(=O)N[C@@H]1C(=O)N2C(C(=O)[O-])=C(C[n+]3cc(NC(=O)CN)c(N)n3CCO)CS[C@H]12)c1nsc(N)n1)C(=O)O. The first kappa shape index (κ1) is 33.1. The summed E-state index contributed by atoms with van der Waals surface area (Å²) in [6, 6.07) is -1.22. The van der Waals surface area contributed by atoms with Crippen LogP contribution >= 0.6 is 23.3 Å². The molecule has 1 saturated heterocycles. The van der Waals surface area contributed by atoms with Gasteiger partial charge in [-0.2, -0.15) is 9.36 Å². The molecule has 45 heavy (non-hydrogen) atoms. The zero-order valence-electron chi connectivity index (χ0n) is 23.8. The number of aliphatic hydroxyl groups is 1. The maximum absolute atomic E-state index is 13.2. The van der Waals surface area contributed by atoms with Crippen LogP contribution < -0.4 is 37.6 Å². The van der Waals surface area contributed by atoms with E-state index in [1.165, 1.54) is 29.4 Å². The molecule has 3 amide bonds. The van der Waals surface area contributed by atoms with Crippen molar-refractivity contribution in [3.8, 4) is 0 Å². The van der Waals surface area contributed by atoms with Crippen molar-refractivity contribution in [2.45, 2.75) is 44.0 Å². The van der Waals surface area contributed by atoms with E-state index in [1.807, 2.05) is 0 Å². The Morgan fingerprint density at radius 2 is 2.02 bits per heavy atom. The highest BCUT2D eigenvalue weighted by molar-refractivity contribution is 8.00. The summed E-state index contributed by atoms with van der Waals surface area (Å²) in [6.45, 7) is 1.63. The third-order valence-corrected chi connectivity index (χ3v) is 8.42. The maximum Gasteiger partial charge on any atom is 0.350 e. The van der Waals surface area contributed by atoms with E-state index in [2.05, 4.69) is 25.1 Å². The number of aromatic nitrogens is 4. The van der Waals surface area contributed by atoms with Crippen LogP contribution in [0.2, 0.25) is 0 Å². The first-order chi connectivity index (χ1) is 21.2. The number of nitrogens with zero attached hydrogens (tertiary/aromatic N) is 6. The molecule has 0 spiro atoms. The molecule has 0 aliphatic carbocycles. The Morgan fingerprint density at radius 3 is 2.60 bits per heavy atom. The number of aliphatic hydroxyl groups excluding tert-OH is 1. The summed E-state index contributed by atoms with van der Waals surface area (Å²) in [5.74, 6) is -5.46. The molecule has 0 radical (unpaired) electrons. The first-order valence-electron chi connectivity index (χ1n) is 13.0. The molecule has 0 bridgehead atoms. The van der Waals surface area contributed by atoms with Crippen molar-refractivity contribution in [2.24, 2.45) is 10.9 Å². The number of aliphatic carboxylic acids is 2. The third-order valence-electron chi connectivity index (χ3n) is 6.54. The van der Waals surface area contributed by atoms with Gasteiger partial charge < -0.3 is 52.8 Å². The number of nitrogens with one attached hydrogen (secondary N) is 2. The smallest absolute Gasteiger partial charge is 0.350 e. The average molecular weight is 668 g/mol. The molecular formula is C23H29N11O9S2. The zero-order valence-corrected chi connectivity index (χ0v) is 25.4. The molecule has 4 heterocycles. The van der Waals surface area contributed by atoms with E-state index >= 15 is 0 Å². The van der Waals surface area contributed by atoms with Gasteiger partial charge in [0.2, 0.25) is 29.2 Å². The van der Waals surface area contributed by atoms with Gasteiger partial charge in [0, 0.05) is 22.9 Å². The van der Waals surface area contributed by atoms with Crippen LogP contribution in [0.4, 0.5) is 16.6 Å². The van der Waals surface area contributed by atoms with Crippen LogP contribution in [0.25, 0.3) is 0 Å². The lowest BCUT2D eigenvalue weighted by atomic mass is 10.0. The van der Waals surface area contributed by atoms with E-state index in [9.17, 15) is 39.3 Å². The van der Waals surface area contributed by atoms with Gasteiger partial charge in [0.15, 0.2) is 23.2 Å². The molecule has 10 N–H and O–H groups in total. The summed E-state index contributed by atoms with van der Waals surface area (Å²) >= 11 is 1.88. The van der Waals surface area contributed by atoms with Crippen molar-refractivity contribution in [1.82, 2.24) is 24.3 Å². The number of hydrogen-bond acceptors (Lipinski definition) is 16. The van der Waals surface area contributed by atoms with Gasteiger partial charge in [-0.3, -0.25) is 19.3 Å². The Bertz CT molecular complexity index is 1620.